The first-order valence-corrected chi connectivity index (χ1v) is 9.01. The zero-order valence-corrected chi connectivity index (χ0v) is 13.2. The van der Waals surface area contributed by atoms with E-state index in [9.17, 15) is 9.46 Å². The highest BCUT2D eigenvalue weighted by Gasteiger charge is 2.36. The summed E-state index contributed by atoms with van der Waals surface area (Å²) in [7, 11) is -3.88. The predicted molar refractivity (Wildman–Crippen MR) is 91.2 cm³/mol. The van der Waals surface area contributed by atoms with E-state index in [1.165, 1.54) is 0 Å². The van der Waals surface area contributed by atoms with Crippen molar-refractivity contribution in [3.8, 4) is 16.9 Å². The molecule has 1 atom stereocenters. The Hall–Kier alpha value is -2.35. The second-order valence-electron chi connectivity index (χ2n) is 5.58. The van der Waals surface area contributed by atoms with E-state index in [1.54, 1.807) is 12.1 Å². The van der Waals surface area contributed by atoms with E-state index in [2.05, 4.69) is 0 Å². The normalized spacial score (nSPS) is 18.7. The number of rotatable bonds is 2. The average molecular weight is 322 g/mol. The number of hydrogen-bond acceptors (Lipinski definition) is 2. The van der Waals surface area contributed by atoms with Gasteiger partial charge >= 0.3 is 7.60 Å². The fourth-order valence-corrected chi connectivity index (χ4v) is 4.58. The van der Waals surface area contributed by atoms with Gasteiger partial charge < -0.3 is 9.42 Å². The molecule has 23 heavy (non-hydrogen) atoms. The first-order valence-electron chi connectivity index (χ1n) is 7.43. The lowest BCUT2D eigenvalue weighted by Crippen LogP contribution is -2.21. The van der Waals surface area contributed by atoms with Gasteiger partial charge in [-0.05, 0) is 23.6 Å². The highest BCUT2D eigenvalue weighted by molar-refractivity contribution is 7.62. The van der Waals surface area contributed by atoms with Crippen LogP contribution in [0, 0.1) is 0 Å². The SMILES string of the molecule is O=P1(O)Oc2ccccc2-c2cccc(Cc3ccccc3)c21. The zero-order chi connectivity index (χ0) is 15.9. The Kier molecular flexibility index (Phi) is 3.33. The molecule has 0 spiro atoms. The van der Waals surface area contributed by atoms with Crippen LogP contribution in [0.15, 0.2) is 72.8 Å². The van der Waals surface area contributed by atoms with E-state index in [0.717, 1.165) is 22.3 Å². The summed E-state index contributed by atoms with van der Waals surface area (Å²) in [6.45, 7) is 0. The molecule has 114 valence electrons. The molecule has 1 unspecified atom stereocenters. The third-order valence-electron chi connectivity index (χ3n) is 4.04. The van der Waals surface area contributed by atoms with E-state index < -0.39 is 7.60 Å². The molecule has 0 amide bonds. The van der Waals surface area contributed by atoms with Crippen molar-refractivity contribution >= 4 is 12.9 Å². The minimum absolute atomic E-state index is 0.419. The summed E-state index contributed by atoms with van der Waals surface area (Å²) in [6, 6.07) is 23.0. The largest absolute Gasteiger partial charge is 0.421 e. The van der Waals surface area contributed by atoms with Gasteiger partial charge in [0.05, 0.1) is 5.30 Å². The predicted octanol–water partition coefficient (Wildman–Crippen LogP) is 4.15. The smallest absolute Gasteiger partial charge is 0.409 e. The van der Waals surface area contributed by atoms with Crippen LogP contribution >= 0.6 is 7.60 Å². The summed E-state index contributed by atoms with van der Waals surface area (Å²) >= 11 is 0. The van der Waals surface area contributed by atoms with Crippen molar-refractivity contribution in [3.05, 3.63) is 83.9 Å². The maximum Gasteiger partial charge on any atom is 0.409 e. The van der Waals surface area contributed by atoms with Crippen LogP contribution in [0.5, 0.6) is 5.75 Å². The maximum absolute atomic E-state index is 12.8. The van der Waals surface area contributed by atoms with Crippen LogP contribution in [-0.2, 0) is 11.0 Å². The second kappa shape index (κ2) is 5.38. The lowest BCUT2D eigenvalue weighted by Gasteiger charge is -2.26. The van der Waals surface area contributed by atoms with Crippen LogP contribution < -0.4 is 9.83 Å². The molecular weight excluding hydrogens is 307 g/mol. The Morgan fingerprint density at radius 2 is 1.52 bits per heavy atom. The Balaban J connectivity index is 1.91. The van der Waals surface area contributed by atoms with Gasteiger partial charge in [0.2, 0.25) is 0 Å². The van der Waals surface area contributed by atoms with Crippen LogP contribution in [0.25, 0.3) is 11.1 Å². The number of benzene rings is 3. The third-order valence-corrected chi connectivity index (χ3v) is 5.58. The van der Waals surface area contributed by atoms with E-state index in [1.807, 2.05) is 60.7 Å². The van der Waals surface area contributed by atoms with Gasteiger partial charge in [0, 0.05) is 11.1 Å². The maximum atomic E-state index is 12.8. The molecule has 0 saturated heterocycles. The minimum atomic E-state index is -3.88. The first-order chi connectivity index (χ1) is 11.1. The summed E-state index contributed by atoms with van der Waals surface area (Å²) < 4.78 is 18.2. The number of hydrogen-bond donors (Lipinski definition) is 1. The van der Waals surface area contributed by atoms with Crippen molar-refractivity contribution in [2.45, 2.75) is 6.42 Å². The average Bonchev–Trinajstić information content (AvgIpc) is 2.55. The first kappa shape index (κ1) is 14.3. The third kappa shape index (κ3) is 2.48. The summed E-state index contributed by atoms with van der Waals surface area (Å²) in [5, 5.41) is 0.419. The Bertz CT molecular complexity index is 919. The molecule has 0 aromatic heterocycles. The van der Waals surface area contributed by atoms with Gasteiger partial charge in [-0.15, -0.1) is 0 Å². The number of para-hydroxylation sites is 1. The summed E-state index contributed by atoms with van der Waals surface area (Å²) in [4.78, 5) is 10.5. The molecule has 0 bridgehead atoms. The van der Waals surface area contributed by atoms with E-state index in [4.69, 9.17) is 4.52 Å². The van der Waals surface area contributed by atoms with Crippen molar-refractivity contribution < 1.29 is 14.0 Å². The van der Waals surface area contributed by atoms with Gasteiger partial charge in [0.1, 0.15) is 5.75 Å². The van der Waals surface area contributed by atoms with Gasteiger partial charge in [0.15, 0.2) is 0 Å². The molecule has 0 radical (unpaired) electrons. The standard InChI is InChI=1S/C19H15O3P/c20-23(21)19-15(13-14-7-2-1-3-8-14)9-6-11-17(19)16-10-4-5-12-18(16)22-23/h1-12H,13H2,(H,20,21). The molecule has 1 aliphatic heterocycles. The van der Waals surface area contributed by atoms with Crippen molar-refractivity contribution in [3.63, 3.8) is 0 Å². The fourth-order valence-electron chi connectivity index (χ4n) is 3.05. The topological polar surface area (TPSA) is 46.5 Å². The molecule has 1 N–H and O–H groups in total. The van der Waals surface area contributed by atoms with Gasteiger partial charge in [-0.25, -0.2) is 4.57 Å². The highest BCUT2D eigenvalue weighted by atomic mass is 31.2. The molecule has 0 saturated carbocycles. The van der Waals surface area contributed by atoms with E-state index in [0.29, 0.717) is 17.5 Å². The van der Waals surface area contributed by atoms with Crippen molar-refractivity contribution in [2.75, 3.05) is 0 Å². The molecule has 4 heteroatoms. The molecular formula is C19H15O3P. The lowest BCUT2D eigenvalue weighted by atomic mass is 9.98. The van der Waals surface area contributed by atoms with Crippen LogP contribution in [0.2, 0.25) is 0 Å². The van der Waals surface area contributed by atoms with Crippen molar-refractivity contribution in [1.82, 2.24) is 0 Å². The highest BCUT2D eigenvalue weighted by Crippen LogP contribution is 2.52. The molecule has 3 aromatic rings. The molecule has 0 fully saturated rings. The Morgan fingerprint density at radius 1 is 0.826 bits per heavy atom. The van der Waals surface area contributed by atoms with Crippen LogP contribution in [0.4, 0.5) is 0 Å². The van der Waals surface area contributed by atoms with Crippen LogP contribution in [0.3, 0.4) is 0 Å². The molecule has 3 nitrogen and oxygen atoms in total. The molecule has 1 heterocycles. The zero-order valence-electron chi connectivity index (χ0n) is 12.3. The lowest BCUT2D eigenvalue weighted by molar-refractivity contribution is 0.392. The number of fused-ring (bicyclic) bond motifs is 3. The van der Waals surface area contributed by atoms with Gasteiger partial charge in [-0.3, -0.25) is 0 Å². The summed E-state index contributed by atoms with van der Waals surface area (Å²) in [5.41, 5.74) is 3.57. The molecule has 0 aliphatic carbocycles. The molecule has 3 aromatic carbocycles. The van der Waals surface area contributed by atoms with E-state index in [-0.39, 0.29) is 0 Å². The van der Waals surface area contributed by atoms with Gasteiger partial charge in [0.25, 0.3) is 0 Å². The second-order valence-corrected chi connectivity index (χ2v) is 7.25. The summed E-state index contributed by atoms with van der Waals surface area (Å²) in [6.07, 6.45) is 0.597. The van der Waals surface area contributed by atoms with Crippen molar-refractivity contribution in [1.29, 1.82) is 0 Å². The molecule has 4 rings (SSSR count). The minimum Gasteiger partial charge on any atom is -0.421 e. The van der Waals surface area contributed by atoms with Crippen molar-refractivity contribution in [2.24, 2.45) is 0 Å². The van der Waals surface area contributed by atoms with Gasteiger partial charge in [-0.2, -0.15) is 0 Å². The quantitative estimate of drug-likeness (QED) is 0.721. The van der Waals surface area contributed by atoms with Crippen LogP contribution in [0.1, 0.15) is 11.1 Å². The molecule has 1 aliphatic rings. The van der Waals surface area contributed by atoms with E-state index >= 15 is 0 Å². The van der Waals surface area contributed by atoms with Crippen LogP contribution in [-0.4, -0.2) is 4.89 Å². The monoisotopic (exact) mass is 322 g/mol. The Labute approximate surface area is 134 Å². The van der Waals surface area contributed by atoms with Gasteiger partial charge in [-0.1, -0.05) is 66.7 Å². The summed E-state index contributed by atoms with van der Waals surface area (Å²) in [5.74, 6) is 0.461. The fraction of sp³-hybridized carbons (Fsp3) is 0.0526. The Morgan fingerprint density at radius 3 is 2.35 bits per heavy atom.